The Labute approximate surface area is 113 Å². The summed E-state index contributed by atoms with van der Waals surface area (Å²) < 4.78 is 23.3. The van der Waals surface area contributed by atoms with Gasteiger partial charge >= 0.3 is 5.97 Å². The molecule has 0 atom stereocenters. The molecule has 0 N–H and O–H groups in total. The van der Waals surface area contributed by atoms with Crippen molar-refractivity contribution in [2.24, 2.45) is 0 Å². The zero-order valence-electron chi connectivity index (χ0n) is 10.3. The fourth-order valence-electron chi connectivity index (χ4n) is 1.41. The van der Waals surface area contributed by atoms with E-state index in [-0.39, 0.29) is 5.56 Å². The number of methoxy groups -OCH3 is 1. The Morgan fingerprint density at radius 2 is 2.26 bits per heavy atom. The molecule has 5 nitrogen and oxygen atoms in total. The van der Waals surface area contributed by atoms with Gasteiger partial charge in [-0.25, -0.2) is 9.18 Å². The molecular formula is C12H11FN2O3S. The molecule has 0 spiro atoms. The number of hydrogen-bond donors (Lipinski definition) is 0. The molecule has 0 fully saturated rings. The van der Waals surface area contributed by atoms with E-state index in [0.717, 1.165) is 0 Å². The molecule has 0 saturated carbocycles. The van der Waals surface area contributed by atoms with Gasteiger partial charge in [-0.05, 0) is 17.7 Å². The van der Waals surface area contributed by atoms with Gasteiger partial charge in [-0.15, -0.1) is 10.2 Å². The minimum Gasteiger partial charge on any atom is -0.465 e. The molecule has 7 heteroatoms. The monoisotopic (exact) mass is 282 g/mol. The van der Waals surface area contributed by atoms with Gasteiger partial charge < -0.3 is 9.15 Å². The Balaban J connectivity index is 2.06. The number of hydrogen-bond acceptors (Lipinski definition) is 6. The number of benzene rings is 1. The molecule has 1 aromatic heterocycles. The topological polar surface area (TPSA) is 65.2 Å². The second kappa shape index (κ2) is 5.83. The van der Waals surface area contributed by atoms with Crippen LogP contribution in [0.3, 0.4) is 0 Å². The molecule has 0 saturated heterocycles. The lowest BCUT2D eigenvalue weighted by Crippen LogP contribution is -2.04. The number of thioether (sulfide) groups is 1. The van der Waals surface area contributed by atoms with E-state index in [1.807, 2.05) is 0 Å². The van der Waals surface area contributed by atoms with Crippen LogP contribution < -0.4 is 0 Å². The molecule has 2 aromatic rings. The number of carbonyl (C=O) groups excluding carboxylic acids is 1. The third-order valence-electron chi connectivity index (χ3n) is 2.31. The van der Waals surface area contributed by atoms with Crippen molar-refractivity contribution in [3.05, 3.63) is 41.0 Å². The number of carbonyl (C=O) groups is 1. The molecule has 0 amide bonds. The van der Waals surface area contributed by atoms with Crippen molar-refractivity contribution in [3.63, 3.8) is 0 Å². The highest BCUT2D eigenvalue weighted by molar-refractivity contribution is 7.98. The van der Waals surface area contributed by atoms with Gasteiger partial charge in [0, 0.05) is 12.7 Å². The van der Waals surface area contributed by atoms with Gasteiger partial charge in [-0.2, -0.15) is 0 Å². The zero-order valence-corrected chi connectivity index (χ0v) is 11.2. The molecule has 100 valence electrons. The summed E-state index contributed by atoms with van der Waals surface area (Å²) in [6.07, 6.45) is 0. The van der Waals surface area contributed by atoms with Crippen molar-refractivity contribution in [2.75, 3.05) is 7.11 Å². The van der Waals surface area contributed by atoms with E-state index >= 15 is 0 Å². The van der Waals surface area contributed by atoms with Crippen LogP contribution in [0.15, 0.2) is 27.8 Å². The van der Waals surface area contributed by atoms with Crippen molar-refractivity contribution in [3.8, 4) is 0 Å². The molecular weight excluding hydrogens is 271 g/mol. The lowest BCUT2D eigenvalue weighted by molar-refractivity contribution is 0.0595. The van der Waals surface area contributed by atoms with Crippen LogP contribution >= 0.6 is 11.8 Å². The summed E-state index contributed by atoms with van der Waals surface area (Å²) >= 11 is 1.30. The number of esters is 1. The molecule has 2 rings (SSSR count). The lowest BCUT2D eigenvalue weighted by Gasteiger charge is -2.03. The largest absolute Gasteiger partial charge is 0.465 e. The molecule has 0 aliphatic heterocycles. The van der Waals surface area contributed by atoms with E-state index in [0.29, 0.717) is 22.4 Å². The van der Waals surface area contributed by atoms with E-state index in [4.69, 9.17) is 4.42 Å². The first kappa shape index (κ1) is 13.5. The van der Waals surface area contributed by atoms with Crippen LogP contribution in [0.1, 0.15) is 21.8 Å². The van der Waals surface area contributed by atoms with Crippen molar-refractivity contribution in [2.45, 2.75) is 17.9 Å². The molecule has 0 aliphatic carbocycles. The fourth-order valence-corrected chi connectivity index (χ4v) is 2.15. The molecule has 0 bridgehead atoms. The molecule has 19 heavy (non-hydrogen) atoms. The molecule has 1 heterocycles. The second-order valence-electron chi connectivity index (χ2n) is 3.68. The maximum Gasteiger partial charge on any atom is 0.340 e. The first-order valence-corrected chi connectivity index (χ1v) is 6.38. The normalized spacial score (nSPS) is 10.5. The second-order valence-corrected chi connectivity index (χ2v) is 4.61. The van der Waals surface area contributed by atoms with Crippen LogP contribution in [0.4, 0.5) is 4.39 Å². The van der Waals surface area contributed by atoms with E-state index in [2.05, 4.69) is 14.9 Å². The van der Waals surface area contributed by atoms with Crippen LogP contribution in [0.2, 0.25) is 0 Å². The lowest BCUT2D eigenvalue weighted by atomic mass is 10.1. The maximum atomic E-state index is 13.7. The van der Waals surface area contributed by atoms with E-state index in [1.165, 1.54) is 31.0 Å². The number of aryl methyl sites for hydroxylation is 1. The third kappa shape index (κ3) is 3.31. The van der Waals surface area contributed by atoms with E-state index < -0.39 is 11.8 Å². The first-order valence-electron chi connectivity index (χ1n) is 5.40. The Kier molecular flexibility index (Phi) is 4.16. The van der Waals surface area contributed by atoms with Gasteiger partial charge in [0.1, 0.15) is 5.82 Å². The van der Waals surface area contributed by atoms with Gasteiger partial charge in [0.15, 0.2) is 0 Å². The Bertz CT molecular complexity index is 600. The average molecular weight is 282 g/mol. The molecule has 0 unspecified atom stereocenters. The maximum absolute atomic E-state index is 13.7. The zero-order chi connectivity index (χ0) is 13.8. The van der Waals surface area contributed by atoms with Crippen LogP contribution in [0.5, 0.6) is 0 Å². The summed E-state index contributed by atoms with van der Waals surface area (Å²) in [7, 11) is 1.21. The minimum absolute atomic E-state index is 0.0788. The highest BCUT2D eigenvalue weighted by atomic mass is 32.2. The predicted molar refractivity (Wildman–Crippen MR) is 66.3 cm³/mol. The molecule has 0 radical (unpaired) electrons. The summed E-state index contributed by atoms with van der Waals surface area (Å²) in [6.45, 7) is 1.70. The summed E-state index contributed by atoms with van der Waals surface area (Å²) in [6, 6.07) is 4.35. The first-order chi connectivity index (χ1) is 9.10. The molecule has 0 aliphatic rings. The van der Waals surface area contributed by atoms with Gasteiger partial charge in [-0.3, -0.25) is 0 Å². The average Bonchev–Trinajstić information content (AvgIpc) is 2.81. The van der Waals surface area contributed by atoms with Gasteiger partial charge in [-0.1, -0.05) is 17.8 Å². The van der Waals surface area contributed by atoms with Gasteiger partial charge in [0.25, 0.3) is 5.22 Å². The minimum atomic E-state index is -0.691. The van der Waals surface area contributed by atoms with Crippen molar-refractivity contribution >= 4 is 17.7 Å². The summed E-state index contributed by atoms with van der Waals surface area (Å²) in [5.74, 6) is -0.342. The highest BCUT2D eigenvalue weighted by Gasteiger charge is 2.12. The number of rotatable bonds is 4. The SMILES string of the molecule is COC(=O)c1ccc(CSc2nnc(C)o2)cc1F. The van der Waals surface area contributed by atoms with Crippen molar-refractivity contribution < 1.29 is 18.3 Å². The molecule has 1 aromatic carbocycles. The predicted octanol–water partition coefficient (Wildman–Crippen LogP) is 2.60. The smallest absolute Gasteiger partial charge is 0.340 e. The third-order valence-corrected chi connectivity index (χ3v) is 3.20. The standard InChI is InChI=1S/C12H11FN2O3S/c1-7-14-15-12(18-7)19-6-8-3-4-9(10(13)5-8)11(16)17-2/h3-5H,6H2,1-2H3. The number of halogens is 1. The van der Waals surface area contributed by atoms with Crippen LogP contribution in [-0.4, -0.2) is 23.3 Å². The van der Waals surface area contributed by atoms with Crippen LogP contribution in [-0.2, 0) is 10.5 Å². The fraction of sp³-hybridized carbons (Fsp3) is 0.250. The Hall–Kier alpha value is -1.89. The number of aromatic nitrogens is 2. The number of ether oxygens (including phenoxy) is 1. The number of nitrogens with zero attached hydrogens (tertiary/aromatic N) is 2. The summed E-state index contributed by atoms with van der Waals surface area (Å²) in [5.41, 5.74) is 0.635. The summed E-state index contributed by atoms with van der Waals surface area (Å²) in [5, 5.41) is 7.94. The van der Waals surface area contributed by atoms with E-state index in [1.54, 1.807) is 13.0 Å². The summed E-state index contributed by atoms with van der Waals surface area (Å²) in [4.78, 5) is 11.2. The Morgan fingerprint density at radius 3 is 2.84 bits per heavy atom. The Morgan fingerprint density at radius 1 is 1.47 bits per heavy atom. The highest BCUT2D eigenvalue weighted by Crippen LogP contribution is 2.22. The van der Waals surface area contributed by atoms with Crippen LogP contribution in [0.25, 0.3) is 0 Å². The quantitative estimate of drug-likeness (QED) is 0.634. The van der Waals surface area contributed by atoms with Crippen molar-refractivity contribution in [1.29, 1.82) is 0 Å². The van der Waals surface area contributed by atoms with E-state index in [9.17, 15) is 9.18 Å². The van der Waals surface area contributed by atoms with Crippen molar-refractivity contribution in [1.82, 2.24) is 10.2 Å². The van der Waals surface area contributed by atoms with Gasteiger partial charge in [0.2, 0.25) is 5.89 Å². The van der Waals surface area contributed by atoms with Crippen LogP contribution in [0, 0.1) is 12.7 Å². The van der Waals surface area contributed by atoms with Gasteiger partial charge in [0.05, 0.1) is 12.7 Å².